The summed E-state index contributed by atoms with van der Waals surface area (Å²) in [6.07, 6.45) is 1.38. The molecule has 0 aliphatic heterocycles. The zero-order valence-corrected chi connectivity index (χ0v) is 16.3. The summed E-state index contributed by atoms with van der Waals surface area (Å²) in [6, 6.07) is 7.06. The fraction of sp³-hybridized carbons (Fsp3) is 0.0625. The monoisotopic (exact) mass is 451 g/mol. The Morgan fingerprint density at radius 1 is 1.00 bits per heavy atom. The Hall–Kier alpha value is -1.87. The molecule has 0 unspecified atom stereocenters. The van der Waals surface area contributed by atoms with Gasteiger partial charge in [0.2, 0.25) is 0 Å². The van der Waals surface area contributed by atoms with Crippen molar-refractivity contribution in [2.24, 2.45) is 0 Å². The number of sulfonamides is 1. The second-order valence-corrected chi connectivity index (χ2v) is 8.32. The molecule has 0 saturated carbocycles. The largest absolute Gasteiger partial charge is 0.266 e. The molecule has 1 heterocycles. The van der Waals surface area contributed by atoms with E-state index in [9.17, 15) is 17.2 Å². The van der Waals surface area contributed by atoms with E-state index in [4.69, 9.17) is 34.8 Å². The smallest absolute Gasteiger partial charge is 0.265 e. The van der Waals surface area contributed by atoms with Crippen LogP contribution in [-0.4, -0.2) is 18.2 Å². The molecular formula is C16H10Cl3F2N3O2S. The Kier molecular flexibility index (Phi) is 5.62. The van der Waals surface area contributed by atoms with E-state index >= 15 is 0 Å². The van der Waals surface area contributed by atoms with Crippen LogP contribution in [0.4, 0.5) is 14.6 Å². The van der Waals surface area contributed by atoms with E-state index < -0.39 is 26.6 Å². The van der Waals surface area contributed by atoms with Crippen molar-refractivity contribution in [2.45, 2.75) is 11.4 Å². The van der Waals surface area contributed by atoms with E-state index in [2.05, 4.69) is 9.82 Å². The number of benzene rings is 2. The standard InChI is InChI=1S/C16H10Cl3F2N3O2S/c17-11-3-1-9(5-12(11)18)7-24-8-13(19)16(22-24)23-27(25,26)15-6-10(20)2-4-14(15)21/h1-6,8H,7H2,(H,22,23). The van der Waals surface area contributed by atoms with E-state index in [0.29, 0.717) is 22.2 Å². The summed E-state index contributed by atoms with van der Waals surface area (Å²) in [4.78, 5) is -0.849. The van der Waals surface area contributed by atoms with Gasteiger partial charge in [-0.05, 0) is 35.9 Å². The highest BCUT2D eigenvalue weighted by Gasteiger charge is 2.22. The lowest BCUT2D eigenvalue weighted by atomic mass is 10.2. The van der Waals surface area contributed by atoms with E-state index in [0.717, 1.165) is 11.6 Å². The number of anilines is 1. The molecule has 1 N–H and O–H groups in total. The van der Waals surface area contributed by atoms with Gasteiger partial charge in [0.1, 0.15) is 21.6 Å². The maximum Gasteiger partial charge on any atom is 0.266 e. The van der Waals surface area contributed by atoms with Gasteiger partial charge in [-0.15, -0.1) is 0 Å². The van der Waals surface area contributed by atoms with Crippen molar-refractivity contribution in [1.29, 1.82) is 0 Å². The summed E-state index contributed by atoms with van der Waals surface area (Å²) >= 11 is 17.8. The molecule has 0 aliphatic carbocycles. The van der Waals surface area contributed by atoms with Crippen LogP contribution in [0.1, 0.15) is 5.56 Å². The molecule has 0 atom stereocenters. The van der Waals surface area contributed by atoms with Crippen LogP contribution < -0.4 is 4.72 Å². The van der Waals surface area contributed by atoms with Crippen LogP contribution in [-0.2, 0) is 16.6 Å². The second kappa shape index (κ2) is 7.63. The molecule has 0 saturated heterocycles. The van der Waals surface area contributed by atoms with Gasteiger partial charge >= 0.3 is 0 Å². The average molecular weight is 453 g/mol. The highest BCUT2D eigenvalue weighted by atomic mass is 35.5. The topological polar surface area (TPSA) is 64.0 Å². The molecule has 11 heteroatoms. The van der Waals surface area contributed by atoms with Gasteiger partial charge < -0.3 is 0 Å². The predicted molar refractivity (Wildman–Crippen MR) is 100.0 cm³/mol. The fourth-order valence-electron chi connectivity index (χ4n) is 2.24. The van der Waals surface area contributed by atoms with Gasteiger partial charge in [-0.2, -0.15) is 5.10 Å². The molecule has 0 amide bonds. The Labute approximate surface area is 168 Å². The third-order valence-corrected chi connectivity index (χ3v) is 5.83. The molecule has 0 fully saturated rings. The Morgan fingerprint density at radius 2 is 1.74 bits per heavy atom. The van der Waals surface area contributed by atoms with E-state index in [1.807, 2.05) is 0 Å². The van der Waals surface area contributed by atoms with Crippen LogP contribution in [0.25, 0.3) is 0 Å². The van der Waals surface area contributed by atoms with E-state index in [1.165, 1.54) is 10.9 Å². The van der Waals surface area contributed by atoms with Crippen molar-refractivity contribution in [3.8, 4) is 0 Å². The van der Waals surface area contributed by atoms with Crippen molar-refractivity contribution < 1.29 is 17.2 Å². The van der Waals surface area contributed by atoms with Gasteiger partial charge in [0, 0.05) is 6.20 Å². The third-order valence-electron chi connectivity index (χ3n) is 3.46. The molecule has 27 heavy (non-hydrogen) atoms. The first-order chi connectivity index (χ1) is 12.7. The molecule has 142 valence electrons. The van der Waals surface area contributed by atoms with Crippen LogP contribution in [0.2, 0.25) is 15.1 Å². The molecule has 1 aromatic heterocycles. The maximum absolute atomic E-state index is 13.8. The van der Waals surface area contributed by atoms with Crippen LogP contribution in [0, 0.1) is 11.6 Å². The summed E-state index contributed by atoms with van der Waals surface area (Å²) < 4.78 is 55.1. The predicted octanol–water partition coefficient (Wildman–Crippen LogP) is 4.97. The SMILES string of the molecule is O=S(=O)(Nc1nn(Cc2ccc(Cl)c(Cl)c2)cc1Cl)c1cc(F)ccc1F. The number of aromatic nitrogens is 2. The summed E-state index contributed by atoms with van der Waals surface area (Å²) in [6.45, 7) is 0.229. The van der Waals surface area contributed by atoms with Gasteiger partial charge in [0.25, 0.3) is 10.0 Å². The minimum Gasteiger partial charge on any atom is -0.265 e. The number of nitrogens with one attached hydrogen (secondary N) is 1. The molecular weight excluding hydrogens is 443 g/mol. The Balaban J connectivity index is 1.86. The maximum atomic E-state index is 13.8. The third kappa shape index (κ3) is 4.52. The highest BCUT2D eigenvalue weighted by Crippen LogP contribution is 2.26. The molecule has 0 radical (unpaired) electrons. The number of halogens is 5. The molecule has 0 aliphatic rings. The quantitative estimate of drug-likeness (QED) is 0.594. The van der Waals surface area contributed by atoms with Crippen LogP contribution in [0.15, 0.2) is 47.5 Å². The number of hydrogen-bond donors (Lipinski definition) is 1. The van der Waals surface area contributed by atoms with Gasteiger partial charge in [0.05, 0.1) is 16.6 Å². The molecule has 2 aromatic carbocycles. The number of hydrogen-bond acceptors (Lipinski definition) is 3. The first-order valence-corrected chi connectivity index (χ1v) is 9.92. The lowest BCUT2D eigenvalue weighted by Crippen LogP contribution is -2.16. The van der Waals surface area contributed by atoms with Crippen LogP contribution in [0.5, 0.6) is 0 Å². The van der Waals surface area contributed by atoms with Gasteiger partial charge in [-0.3, -0.25) is 9.40 Å². The molecule has 3 rings (SSSR count). The van der Waals surface area contributed by atoms with Gasteiger partial charge in [0.15, 0.2) is 5.82 Å². The molecule has 5 nitrogen and oxygen atoms in total. The highest BCUT2D eigenvalue weighted by molar-refractivity contribution is 7.92. The van der Waals surface area contributed by atoms with Crippen molar-refractivity contribution in [1.82, 2.24) is 9.78 Å². The summed E-state index contributed by atoms with van der Waals surface area (Å²) in [5, 5.41) is 4.75. The summed E-state index contributed by atoms with van der Waals surface area (Å²) in [7, 11) is -4.42. The Bertz CT molecular complexity index is 1120. The minimum atomic E-state index is -4.42. The number of rotatable bonds is 5. The average Bonchev–Trinajstić information content (AvgIpc) is 2.91. The normalized spacial score (nSPS) is 11.6. The second-order valence-electron chi connectivity index (χ2n) is 5.45. The van der Waals surface area contributed by atoms with Crippen molar-refractivity contribution >= 4 is 50.6 Å². The van der Waals surface area contributed by atoms with Gasteiger partial charge in [-0.1, -0.05) is 40.9 Å². The first kappa shape index (κ1) is 19.9. The van der Waals surface area contributed by atoms with Crippen molar-refractivity contribution in [3.63, 3.8) is 0 Å². The van der Waals surface area contributed by atoms with Crippen molar-refractivity contribution in [3.05, 3.63) is 74.9 Å². The summed E-state index contributed by atoms with van der Waals surface area (Å²) in [5.74, 6) is -2.22. The lowest BCUT2D eigenvalue weighted by molar-refractivity contribution is 0.555. The van der Waals surface area contributed by atoms with E-state index in [1.54, 1.807) is 18.2 Å². The van der Waals surface area contributed by atoms with Crippen molar-refractivity contribution in [2.75, 3.05) is 4.72 Å². The van der Waals surface area contributed by atoms with Crippen LogP contribution >= 0.6 is 34.8 Å². The number of nitrogens with zero attached hydrogens (tertiary/aromatic N) is 2. The molecule has 0 bridgehead atoms. The lowest BCUT2D eigenvalue weighted by Gasteiger charge is -2.07. The summed E-state index contributed by atoms with van der Waals surface area (Å²) in [5.41, 5.74) is 0.745. The first-order valence-electron chi connectivity index (χ1n) is 7.30. The zero-order chi connectivity index (χ0) is 19.8. The van der Waals surface area contributed by atoms with E-state index in [-0.39, 0.29) is 17.4 Å². The zero-order valence-electron chi connectivity index (χ0n) is 13.3. The fourth-order valence-corrected chi connectivity index (χ4v) is 3.92. The Morgan fingerprint density at radius 3 is 2.44 bits per heavy atom. The minimum absolute atomic E-state index is 0.0181. The molecule has 0 spiro atoms. The van der Waals surface area contributed by atoms with Gasteiger partial charge in [-0.25, -0.2) is 17.2 Å². The van der Waals surface area contributed by atoms with Crippen LogP contribution in [0.3, 0.4) is 0 Å². The molecule has 3 aromatic rings.